The van der Waals surface area contributed by atoms with Crippen LogP contribution in [0.2, 0.25) is 0 Å². The van der Waals surface area contributed by atoms with E-state index in [1.54, 1.807) is 26.4 Å². The van der Waals surface area contributed by atoms with Gasteiger partial charge in [-0.25, -0.2) is 0 Å². The smallest absolute Gasteiger partial charge is 0.248 e. The summed E-state index contributed by atoms with van der Waals surface area (Å²) in [5.74, 6) is 3.02. The van der Waals surface area contributed by atoms with Crippen LogP contribution in [0.15, 0.2) is 48.5 Å². The molecule has 0 saturated carbocycles. The van der Waals surface area contributed by atoms with Crippen LogP contribution in [0.25, 0.3) is 17.5 Å². The van der Waals surface area contributed by atoms with Crippen molar-refractivity contribution in [3.05, 3.63) is 59.9 Å². The van der Waals surface area contributed by atoms with Crippen molar-refractivity contribution >= 4 is 17.7 Å². The molecule has 2 heterocycles. The van der Waals surface area contributed by atoms with E-state index in [1.807, 2.05) is 36.4 Å². The summed E-state index contributed by atoms with van der Waals surface area (Å²) in [6.07, 6.45) is 7.64. The highest BCUT2D eigenvalue weighted by Crippen LogP contribution is 2.26. The van der Waals surface area contributed by atoms with Gasteiger partial charge in [0.25, 0.3) is 0 Å². The Balaban J connectivity index is 1.50. The van der Waals surface area contributed by atoms with Gasteiger partial charge in [0.2, 0.25) is 5.91 Å². The Kier molecular flexibility index (Phi) is 6.31. The third-order valence-electron chi connectivity index (χ3n) is 5.35. The van der Waals surface area contributed by atoms with Gasteiger partial charge in [-0.15, -0.1) is 10.2 Å². The molecule has 31 heavy (non-hydrogen) atoms. The van der Waals surface area contributed by atoms with Crippen LogP contribution in [0, 0.1) is 0 Å². The molecule has 0 unspecified atom stereocenters. The second-order valence-corrected chi connectivity index (χ2v) is 7.41. The third kappa shape index (κ3) is 4.77. The van der Waals surface area contributed by atoms with Gasteiger partial charge >= 0.3 is 0 Å². The molecule has 7 heteroatoms. The Morgan fingerprint density at radius 2 is 1.97 bits per heavy atom. The number of ether oxygens (including phenoxy) is 2. The first-order valence-electron chi connectivity index (χ1n) is 10.4. The van der Waals surface area contributed by atoms with Gasteiger partial charge in [0.15, 0.2) is 5.82 Å². The zero-order chi connectivity index (χ0) is 21.6. The number of nitrogens with zero attached hydrogens (tertiary/aromatic N) is 3. The van der Waals surface area contributed by atoms with Gasteiger partial charge in [0, 0.05) is 35.9 Å². The standard InChI is InChI=1S/C24H26N4O3/c1-30-20-11-12-21(31-2)17(16-20)10-13-23(29)25-19-8-6-7-18(15-19)24-27-26-22-9-4-3-5-14-28(22)24/h6-8,10-13,15-16H,3-5,9,14H2,1-2H3,(H,25,29)/b13-10+. The second-order valence-electron chi connectivity index (χ2n) is 7.41. The van der Waals surface area contributed by atoms with Crippen LogP contribution in [0.4, 0.5) is 5.69 Å². The summed E-state index contributed by atoms with van der Waals surface area (Å²) < 4.78 is 12.8. The lowest BCUT2D eigenvalue weighted by Crippen LogP contribution is -2.08. The summed E-state index contributed by atoms with van der Waals surface area (Å²) in [6.45, 7) is 0.930. The number of nitrogens with one attached hydrogen (secondary N) is 1. The molecule has 0 atom stereocenters. The lowest BCUT2D eigenvalue weighted by Gasteiger charge is -2.09. The second kappa shape index (κ2) is 9.47. The Bertz CT molecular complexity index is 1100. The zero-order valence-corrected chi connectivity index (χ0v) is 17.8. The van der Waals surface area contributed by atoms with Crippen LogP contribution in [0.1, 0.15) is 30.7 Å². The van der Waals surface area contributed by atoms with Crippen LogP contribution in [-0.4, -0.2) is 34.9 Å². The topological polar surface area (TPSA) is 78.3 Å². The highest BCUT2D eigenvalue weighted by molar-refractivity contribution is 6.02. The molecule has 0 spiro atoms. The summed E-state index contributed by atoms with van der Waals surface area (Å²) in [4.78, 5) is 12.5. The minimum atomic E-state index is -0.234. The number of hydrogen-bond acceptors (Lipinski definition) is 5. The maximum Gasteiger partial charge on any atom is 0.248 e. The van der Waals surface area contributed by atoms with E-state index in [-0.39, 0.29) is 5.91 Å². The zero-order valence-electron chi connectivity index (χ0n) is 17.8. The lowest BCUT2D eigenvalue weighted by molar-refractivity contribution is -0.111. The van der Waals surface area contributed by atoms with Gasteiger partial charge in [-0.1, -0.05) is 18.6 Å². The number of hydrogen-bond donors (Lipinski definition) is 1. The molecule has 1 aromatic heterocycles. The normalized spacial score (nSPS) is 13.5. The first-order chi connectivity index (χ1) is 15.2. The highest BCUT2D eigenvalue weighted by atomic mass is 16.5. The van der Waals surface area contributed by atoms with Crippen molar-refractivity contribution in [1.82, 2.24) is 14.8 Å². The van der Waals surface area contributed by atoms with Crippen LogP contribution < -0.4 is 14.8 Å². The molecule has 0 radical (unpaired) electrons. The molecule has 7 nitrogen and oxygen atoms in total. The number of carbonyl (C=O) groups is 1. The molecule has 2 aromatic carbocycles. The van der Waals surface area contributed by atoms with E-state index >= 15 is 0 Å². The summed E-state index contributed by atoms with van der Waals surface area (Å²) >= 11 is 0. The maximum absolute atomic E-state index is 12.5. The van der Waals surface area contributed by atoms with Crippen molar-refractivity contribution in [2.45, 2.75) is 32.2 Å². The Morgan fingerprint density at radius 3 is 2.81 bits per heavy atom. The molecule has 0 bridgehead atoms. The number of aryl methyl sites for hydroxylation is 1. The molecule has 1 amide bonds. The van der Waals surface area contributed by atoms with Gasteiger partial charge in [0.05, 0.1) is 14.2 Å². The molecule has 0 saturated heterocycles. The van der Waals surface area contributed by atoms with Crippen LogP contribution >= 0.6 is 0 Å². The van der Waals surface area contributed by atoms with E-state index < -0.39 is 0 Å². The van der Waals surface area contributed by atoms with Crippen molar-refractivity contribution in [3.8, 4) is 22.9 Å². The van der Waals surface area contributed by atoms with E-state index in [4.69, 9.17) is 9.47 Å². The van der Waals surface area contributed by atoms with Crippen molar-refractivity contribution in [2.24, 2.45) is 0 Å². The lowest BCUT2D eigenvalue weighted by atomic mass is 10.1. The van der Waals surface area contributed by atoms with Crippen molar-refractivity contribution in [1.29, 1.82) is 0 Å². The average Bonchev–Trinajstić information content (AvgIpc) is 3.05. The van der Waals surface area contributed by atoms with E-state index in [0.29, 0.717) is 17.2 Å². The SMILES string of the molecule is COc1ccc(OC)c(/C=C/C(=O)Nc2cccc(-c3nnc4n3CCCCC4)c2)c1. The highest BCUT2D eigenvalue weighted by Gasteiger charge is 2.16. The number of methoxy groups -OCH3 is 2. The largest absolute Gasteiger partial charge is 0.497 e. The third-order valence-corrected chi connectivity index (χ3v) is 5.35. The molecule has 1 aliphatic rings. The number of carbonyl (C=O) groups excluding carboxylic acids is 1. The predicted octanol–water partition coefficient (Wildman–Crippen LogP) is 4.34. The molecule has 1 N–H and O–H groups in total. The number of aromatic nitrogens is 3. The molecule has 0 fully saturated rings. The Labute approximate surface area is 181 Å². The molecule has 1 aliphatic heterocycles. The van der Waals surface area contributed by atoms with Crippen molar-refractivity contribution in [2.75, 3.05) is 19.5 Å². The van der Waals surface area contributed by atoms with E-state index in [9.17, 15) is 4.79 Å². The Morgan fingerprint density at radius 1 is 1.06 bits per heavy atom. The summed E-state index contributed by atoms with van der Waals surface area (Å²) in [5.41, 5.74) is 2.41. The summed E-state index contributed by atoms with van der Waals surface area (Å²) in [5, 5.41) is 11.7. The van der Waals surface area contributed by atoms with Crippen molar-refractivity contribution < 1.29 is 14.3 Å². The minimum absolute atomic E-state index is 0.234. The van der Waals surface area contributed by atoms with Gasteiger partial charge in [-0.05, 0) is 49.2 Å². The molecule has 0 aliphatic carbocycles. The summed E-state index contributed by atoms with van der Waals surface area (Å²) in [6, 6.07) is 13.1. The number of rotatable bonds is 6. The first kappa shape index (κ1) is 20.7. The number of benzene rings is 2. The van der Waals surface area contributed by atoms with Crippen LogP contribution in [-0.2, 0) is 17.8 Å². The maximum atomic E-state index is 12.5. The molecule has 3 aromatic rings. The average molecular weight is 418 g/mol. The monoisotopic (exact) mass is 418 g/mol. The minimum Gasteiger partial charge on any atom is -0.497 e. The fourth-order valence-electron chi connectivity index (χ4n) is 3.75. The summed E-state index contributed by atoms with van der Waals surface area (Å²) in [7, 11) is 3.19. The number of amides is 1. The van der Waals surface area contributed by atoms with E-state index in [2.05, 4.69) is 20.1 Å². The number of anilines is 1. The van der Waals surface area contributed by atoms with Gasteiger partial charge < -0.3 is 19.4 Å². The number of fused-ring (bicyclic) bond motifs is 1. The van der Waals surface area contributed by atoms with Gasteiger partial charge in [-0.3, -0.25) is 4.79 Å². The fraction of sp³-hybridized carbons (Fsp3) is 0.292. The fourth-order valence-corrected chi connectivity index (χ4v) is 3.75. The van der Waals surface area contributed by atoms with Gasteiger partial charge in [-0.2, -0.15) is 0 Å². The molecule has 160 valence electrons. The Hall–Kier alpha value is -3.61. The first-order valence-corrected chi connectivity index (χ1v) is 10.4. The van der Waals surface area contributed by atoms with Crippen LogP contribution in [0.3, 0.4) is 0 Å². The molecular formula is C24H26N4O3. The van der Waals surface area contributed by atoms with E-state index in [1.165, 1.54) is 12.5 Å². The molecular weight excluding hydrogens is 392 g/mol. The quantitative estimate of drug-likeness (QED) is 0.603. The van der Waals surface area contributed by atoms with Gasteiger partial charge in [0.1, 0.15) is 17.3 Å². The van der Waals surface area contributed by atoms with E-state index in [0.717, 1.165) is 48.6 Å². The van der Waals surface area contributed by atoms with Crippen LogP contribution in [0.5, 0.6) is 11.5 Å². The van der Waals surface area contributed by atoms with Crippen molar-refractivity contribution in [3.63, 3.8) is 0 Å². The predicted molar refractivity (Wildman–Crippen MR) is 120 cm³/mol. The molecule has 4 rings (SSSR count).